The largest absolute Gasteiger partial charge is 0.206 e. The molecule has 6 heteroatoms. The van der Waals surface area contributed by atoms with Crippen molar-refractivity contribution in [3.05, 3.63) is 32.4 Å². The summed E-state index contributed by atoms with van der Waals surface area (Å²) in [5.41, 5.74) is 0.469. The maximum Gasteiger partial charge on any atom is 0.183 e. The fraction of sp³-hybridized carbons (Fsp3) is 0. The van der Waals surface area contributed by atoms with Crippen LogP contribution in [0.15, 0.2) is 26.6 Å². The lowest BCUT2D eigenvalue weighted by Gasteiger charge is -1.97. The molecule has 0 aliphatic rings. The summed E-state index contributed by atoms with van der Waals surface area (Å²) in [5, 5.41) is 8.18. The zero-order valence-electron chi connectivity index (χ0n) is 6.67. The number of hydrogen-bond donors (Lipinski definition) is 0. The first-order chi connectivity index (χ1) is 6.66. The molecule has 1 aromatic carbocycles. The van der Waals surface area contributed by atoms with Crippen molar-refractivity contribution in [3.63, 3.8) is 0 Å². The van der Waals surface area contributed by atoms with E-state index in [0.29, 0.717) is 19.0 Å². The molecule has 1 heterocycles. The maximum absolute atomic E-state index is 13.4. The van der Waals surface area contributed by atoms with Gasteiger partial charge in [0.2, 0.25) is 0 Å². The molecule has 0 saturated carbocycles. The molecule has 0 amide bonds. The Morgan fingerprint density at radius 1 is 1.21 bits per heavy atom. The molecule has 2 rings (SSSR count). The molecule has 0 saturated heterocycles. The minimum Gasteiger partial charge on any atom is -0.206 e. The summed E-state index contributed by atoms with van der Waals surface area (Å²) >= 11 is 7.67. The minimum atomic E-state index is -0.303. The van der Waals surface area contributed by atoms with Crippen LogP contribution in [0.25, 0.3) is 10.6 Å². The topological polar surface area (TPSA) is 25.8 Å². The van der Waals surface area contributed by atoms with Crippen LogP contribution in [-0.4, -0.2) is 10.2 Å². The molecule has 0 unspecified atom stereocenters. The number of nitrogens with zero attached hydrogens (tertiary/aromatic N) is 2. The normalized spacial score (nSPS) is 10.5. The van der Waals surface area contributed by atoms with Crippen LogP contribution < -0.4 is 0 Å². The lowest BCUT2D eigenvalue weighted by molar-refractivity contribution is 0.630. The summed E-state index contributed by atoms with van der Waals surface area (Å²) < 4.78 is 14.8. The van der Waals surface area contributed by atoms with Crippen molar-refractivity contribution in [3.8, 4) is 10.6 Å². The third-order valence-electron chi connectivity index (χ3n) is 1.56. The van der Waals surface area contributed by atoms with Crippen LogP contribution in [0.3, 0.4) is 0 Å². The van der Waals surface area contributed by atoms with Crippen molar-refractivity contribution >= 4 is 43.2 Å². The fourth-order valence-electron chi connectivity index (χ4n) is 0.977. The lowest BCUT2D eigenvalue weighted by Crippen LogP contribution is -1.83. The quantitative estimate of drug-likeness (QED) is 0.789. The fourth-order valence-corrected chi connectivity index (χ4v) is 2.45. The van der Waals surface area contributed by atoms with E-state index in [-0.39, 0.29) is 5.82 Å². The average molecular weight is 338 g/mol. The Hall–Kier alpha value is -0.330. The molecule has 0 atom stereocenters. The van der Waals surface area contributed by atoms with Gasteiger partial charge in [-0.1, -0.05) is 27.3 Å². The first-order valence-electron chi connectivity index (χ1n) is 3.61. The van der Waals surface area contributed by atoms with Crippen LogP contribution >= 0.6 is 43.2 Å². The Balaban J connectivity index is 2.52. The van der Waals surface area contributed by atoms with Crippen LogP contribution in [0.4, 0.5) is 4.39 Å². The third kappa shape index (κ3) is 2.02. The van der Waals surface area contributed by atoms with E-state index in [1.54, 1.807) is 12.1 Å². The predicted molar refractivity (Wildman–Crippen MR) is 60.7 cm³/mol. The molecule has 0 fully saturated rings. The summed E-state index contributed by atoms with van der Waals surface area (Å²) in [7, 11) is 0. The van der Waals surface area contributed by atoms with Crippen LogP contribution in [0, 0.1) is 5.82 Å². The van der Waals surface area contributed by atoms with Crippen molar-refractivity contribution in [2.75, 3.05) is 0 Å². The minimum absolute atomic E-state index is 0.303. The number of aromatic nitrogens is 2. The van der Waals surface area contributed by atoms with Gasteiger partial charge in [-0.2, -0.15) is 0 Å². The van der Waals surface area contributed by atoms with E-state index in [9.17, 15) is 4.39 Å². The highest BCUT2D eigenvalue weighted by Gasteiger charge is 2.10. The van der Waals surface area contributed by atoms with E-state index in [0.717, 1.165) is 0 Å². The van der Waals surface area contributed by atoms with Gasteiger partial charge in [0.1, 0.15) is 5.82 Å². The molecule has 2 aromatic rings. The monoisotopic (exact) mass is 336 g/mol. The summed E-state index contributed by atoms with van der Waals surface area (Å²) in [6, 6.07) is 4.85. The third-order valence-corrected chi connectivity index (χ3v) is 3.44. The van der Waals surface area contributed by atoms with Crippen LogP contribution in [0.5, 0.6) is 0 Å². The highest BCUT2D eigenvalue weighted by Crippen LogP contribution is 2.29. The highest BCUT2D eigenvalue weighted by molar-refractivity contribution is 9.11. The number of hydrogen-bond acceptors (Lipinski definition) is 3. The van der Waals surface area contributed by atoms with Crippen molar-refractivity contribution in [2.45, 2.75) is 0 Å². The summed E-state index contributed by atoms with van der Waals surface area (Å²) in [6.07, 6.45) is 0. The second-order valence-corrected chi connectivity index (χ2v) is 5.65. The Kier molecular flexibility index (Phi) is 2.94. The summed E-state index contributed by atoms with van der Waals surface area (Å²) in [5.74, 6) is -0.303. The SMILES string of the molecule is Fc1cc(Br)ccc1-c1nnc(Br)s1. The Labute approximate surface area is 100 Å². The van der Waals surface area contributed by atoms with Crippen LogP contribution in [-0.2, 0) is 0 Å². The standard InChI is InChI=1S/C8H3Br2FN2S/c9-4-1-2-5(6(11)3-4)7-12-13-8(10)14-7/h1-3H. The molecule has 0 N–H and O–H groups in total. The average Bonchev–Trinajstić information content (AvgIpc) is 2.51. The van der Waals surface area contributed by atoms with E-state index in [1.807, 2.05) is 0 Å². The smallest absolute Gasteiger partial charge is 0.183 e. The molecule has 0 spiro atoms. The number of benzene rings is 1. The molecular formula is C8H3Br2FN2S. The molecular weight excluding hydrogens is 335 g/mol. The van der Waals surface area contributed by atoms with Gasteiger partial charge in [-0.05, 0) is 34.1 Å². The second-order valence-electron chi connectivity index (χ2n) is 2.48. The highest BCUT2D eigenvalue weighted by atomic mass is 79.9. The second kappa shape index (κ2) is 4.04. The zero-order chi connectivity index (χ0) is 10.1. The van der Waals surface area contributed by atoms with Crippen molar-refractivity contribution in [1.29, 1.82) is 0 Å². The van der Waals surface area contributed by atoms with Crippen molar-refractivity contribution in [1.82, 2.24) is 10.2 Å². The molecule has 1 aromatic heterocycles. The zero-order valence-corrected chi connectivity index (χ0v) is 10.7. The van der Waals surface area contributed by atoms with Gasteiger partial charge in [0.05, 0.1) is 0 Å². The Bertz CT molecular complexity index is 472. The molecule has 0 aliphatic heterocycles. The van der Waals surface area contributed by atoms with Gasteiger partial charge < -0.3 is 0 Å². The van der Waals surface area contributed by atoms with Gasteiger partial charge in [-0.15, -0.1) is 10.2 Å². The molecule has 0 radical (unpaired) electrons. The molecule has 72 valence electrons. The molecule has 2 nitrogen and oxygen atoms in total. The predicted octanol–water partition coefficient (Wildman–Crippen LogP) is 3.87. The summed E-state index contributed by atoms with van der Waals surface area (Å²) in [4.78, 5) is 0. The first kappa shape index (κ1) is 10.2. The van der Waals surface area contributed by atoms with Gasteiger partial charge in [0, 0.05) is 10.0 Å². The Morgan fingerprint density at radius 2 is 2.00 bits per heavy atom. The van der Waals surface area contributed by atoms with E-state index in [1.165, 1.54) is 17.4 Å². The molecule has 0 bridgehead atoms. The lowest BCUT2D eigenvalue weighted by atomic mass is 10.2. The van der Waals surface area contributed by atoms with Crippen molar-refractivity contribution in [2.24, 2.45) is 0 Å². The van der Waals surface area contributed by atoms with Gasteiger partial charge in [0.25, 0.3) is 0 Å². The van der Waals surface area contributed by atoms with Gasteiger partial charge >= 0.3 is 0 Å². The van der Waals surface area contributed by atoms with Crippen molar-refractivity contribution < 1.29 is 4.39 Å². The molecule has 0 aliphatic carbocycles. The van der Waals surface area contributed by atoms with Crippen LogP contribution in [0.1, 0.15) is 0 Å². The van der Waals surface area contributed by atoms with Gasteiger partial charge in [0.15, 0.2) is 8.92 Å². The van der Waals surface area contributed by atoms with E-state index in [2.05, 4.69) is 42.1 Å². The van der Waals surface area contributed by atoms with E-state index < -0.39 is 0 Å². The number of rotatable bonds is 1. The maximum atomic E-state index is 13.4. The Morgan fingerprint density at radius 3 is 2.57 bits per heavy atom. The first-order valence-corrected chi connectivity index (χ1v) is 6.01. The molecule has 14 heavy (non-hydrogen) atoms. The summed E-state index contributed by atoms with van der Waals surface area (Å²) in [6.45, 7) is 0. The van der Waals surface area contributed by atoms with Crippen LogP contribution in [0.2, 0.25) is 0 Å². The van der Waals surface area contributed by atoms with E-state index >= 15 is 0 Å². The van der Waals surface area contributed by atoms with Gasteiger partial charge in [-0.3, -0.25) is 0 Å². The number of halogens is 3. The van der Waals surface area contributed by atoms with E-state index in [4.69, 9.17) is 0 Å². The van der Waals surface area contributed by atoms with Gasteiger partial charge in [-0.25, -0.2) is 4.39 Å².